The number of hydrogen-bond acceptors (Lipinski definition) is 5. The largest absolute Gasteiger partial charge is 0.497 e. The maximum atomic E-state index is 12.9. The number of ether oxygens (including phenoxy) is 1. The number of hydrazine groups is 1. The van der Waals surface area contributed by atoms with Crippen LogP contribution < -0.4 is 15.6 Å². The minimum Gasteiger partial charge on any atom is -0.497 e. The third kappa shape index (κ3) is 4.29. The van der Waals surface area contributed by atoms with Crippen molar-refractivity contribution in [3.63, 3.8) is 0 Å². The van der Waals surface area contributed by atoms with Crippen LogP contribution in [0.25, 0.3) is 0 Å². The molecule has 2 atom stereocenters. The molecule has 0 bridgehead atoms. The predicted octanol–water partition coefficient (Wildman–Crippen LogP) is 2.64. The second-order valence-electron chi connectivity index (χ2n) is 8.01. The highest BCUT2D eigenvalue weighted by Gasteiger charge is 2.32. The van der Waals surface area contributed by atoms with Gasteiger partial charge in [-0.25, -0.2) is 10.9 Å². The summed E-state index contributed by atoms with van der Waals surface area (Å²) in [4.78, 5) is 17.3. The van der Waals surface area contributed by atoms with Crippen molar-refractivity contribution in [3.05, 3.63) is 64.7 Å². The zero-order chi connectivity index (χ0) is 20.4. The molecule has 2 unspecified atom stereocenters. The fourth-order valence-electron chi connectivity index (χ4n) is 4.29. The smallest absolute Gasteiger partial charge is 0.254 e. The summed E-state index contributed by atoms with van der Waals surface area (Å²) in [7, 11) is 1.69. The normalized spacial score (nSPS) is 22.7. The van der Waals surface area contributed by atoms with Crippen LogP contribution in [0.15, 0.2) is 42.5 Å². The Bertz CT molecular complexity index is 860. The van der Waals surface area contributed by atoms with Gasteiger partial charge in [0.1, 0.15) is 5.75 Å². The number of nitrogens with zero attached hydrogens (tertiary/aromatic N) is 2. The van der Waals surface area contributed by atoms with Gasteiger partial charge < -0.3 is 9.64 Å². The van der Waals surface area contributed by atoms with Gasteiger partial charge in [-0.05, 0) is 49.6 Å². The molecule has 0 radical (unpaired) electrons. The fraction of sp³-hybridized carbons (Fsp3) is 0.435. The van der Waals surface area contributed by atoms with Crippen LogP contribution in [0.1, 0.15) is 39.5 Å². The lowest BCUT2D eigenvalue weighted by atomic mass is 10.0. The summed E-state index contributed by atoms with van der Waals surface area (Å²) >= 11 is 0. The van der Waals surface area contributed by atoms with Crippen molar-refractivity contribution in [1.29, 1.82) is 0 Å². The average molecular weight is 395 g/mol. The van der Waals surface area contributed by atoms with Gasteiger partial charge >= 0.3 is 0 Å². The number of methoxy groups -OCH3 is 1. The van der Waals surface area contributed by atoms with Crippen LogP contribution in [0, 0.1) is 13.8 Å². The van der Waals surface area contributed by atoms with E-state index < -0.39 is 0 Å². The summed E-state index contributed by atoms with van der Waals surface area (Å²) in [6.07, 6.45) is 1.28. The number of piperazine rings is 1. The molecule has 29 heavy (non-hydrogen) atoms. The lowest BCUT2D eigenvalue weighted by molar-refractivity contribution is 0.0544. The van der Waals surface area contributed by atoms with Gasteiger partial charge in [0.25, 0.3) is 5.91 Å². The van der Waals surface area contributed by atoms with Crippen molar-refractivity contribution in [2.45, 2.75) is 32.5 Å². The number of rotatable bonds is 4. The number of carbonyl (C=O) groups is 1. The number of carbonyl (C=O) groups excluding carboxylic acids is 1. The standard InChI is InChI=1S/C23H30N4O2/c1-16-4-9-20(17(2)14-16)23(28)27-12-10-26(11-13-27)22-15-21(24-25-22)18-5-7-19(29-3)8-6-18/h4-9,14,21-22,24-25H,10-13,15H2,1-3H3. The molecule has 2 aromatic rings. The molecule has 2 aromatic carbocycles. The van der Waals surface area contributed by atoms with Crippen LogP contribution in [-0.2, 0) is 0 Å². The summed E-state index contributed by atoms with van der Waals surface area (Å²) < 4.78 is 5.25. The third-order valence-corrected chi connectivity index (χ3v) is 6.06. The van der Waals surface area contributed by atoms with Crippen molar-refractivity contribution in [2.75, 3.05) is 33.3 Å². The number of benzene rings is 2. The van der Waals surface area contributed by atoms with E-state index in [0.717, 1.165) is 49.5 Å². The van der Waals surface area contributed by atoms with Crippen molar-refractivity contribution in [1.82, 2.24) is 20.7 Å². The molecule has 0 saturated carbocycles. The maximum Gasteiger partial charge on any atom is 0.254 e. The van der Waals surface area contributed by atoms with Gasteiger partial charge in [0.15, 0.2) is 0 Å². The Kier molecular flexibility index (Phi) is 5.85. The van der Waals surface area contributed by atoms with Crippen molar-refractivity contribution >= 4 is 5.91 Å². The first-order valence-electron chi connectivity index (χ1n) is 10.3. The topological polar surface area (TPSA) is 56.8 Å². The van der Waals surface area contributed by atoms with E-state index in [9.17, 15) is 4.79 Å². The molecule has 2 N–H and O–H groups in total. The number of amides is 1. The molecule has 6 heteroatoms. The fourth-order valence-corrected chi connectivity index (χ4v) is 4.29. The van der Waals surface area contributed by atoms with E-state index in [1.54, 1.807) is 7.11 Å². The SMILES string of the molecule is COc1ccc(C2CC(N3CCN(C(=O)c4ccc(C)cc4C)CC3)NN2)cc1. The number of nitrogens with one attached hydrogen (secondary N) is 2. The molecule has 0 aliphatic carbocycles. The highest BCUT2D eigenvalue weighted by Crippen LogP contribution is 2.26. The van der Waals surface area contributed by atoms with Crippen LogP contribution in [0.2, 0.25) is 0 Å². The molecule has 0 spiro atoms. The molecule has 2 saturated heterocycles. The van der Waals surface area contributed by atoms with E-state index in [0.29, 0.717) is 0 Å². The summed E-state index contributed by atoms with van der Waals surface area (Å²) in [5, 5.41) is 0. The molecular formula is C23H30N4O2. The maximum absolute atomic E-state index is 12.9. The molecular weight excluding hydrogens is 364 g/mol. The van der Waals surface area contributed by atoms with Gasteiger partial charge in [-0.2, -0.15) is 0 Å². The van der Waals surface area contributed by atoms with Gasteiger partial charge in [-0.3, -0.25) is 9.69 Å². The first-order chi connectivity index (χ1) is 14.0. The highest BCUT2D eigenvalue weighted by molar-refractivity contribution is 5.95. The van der Waals surface area contributed by atoms with Gasteiger partial charge in [0, 0.05) is 37.8 Å². The van der Waals surface area contributed by atoms with E-state index in [4.69, 9.17) is 4.74 Å². The van der Waals surface area contributed by atoms with Crippen LogP contribution in [0.4, 0.5) is 0 Å². The minimum absolute atomic E-state index is 0.149. The zero-order valence-electron chi connectivity index (χ0n) is 17.4. The molecule has 4 rings (SSSR count). The molecule has 2 heterocycles. The third-order valence-electron chi connectivity index (χ3n) is 6.06. The lowest BCUT2D eigenvalue weighted by Crippen LogP contribution is -2.55. The molecule has 2 aliphatic rings. The monoisotopic (exact) mass is 394 g/mol. The zero-order valence-corrected chi connectivity index (χ0v) is 17.4. The second kappa shape index (κ2) is 8.53. The van der Waals surface area contributed by atoms with Crippen molar-refractivity contribution < 1.29 is 9.53 Å². The Morgan fingerprint density at radius 1 is 1.00 bits per heavy atom. The van der Waals surface area contributed by atoms with E-state index >= 15 is 0 Å². The first-order valence-corrected chi connectivity index (χ1v) is 10.3. The Labute approximate surface area is 172 Å². The van der Waals surface area contributed by atoms with Crippen molar-refractivity contribution in [2.24, 2.45) is 0 Å². The molecule has 154 valence electrons. The minimum atomic E-state index is 0.149. The first kappa shape index (κ1) is 19.9. The molecule has 2 aliphatic heterocycles. The average Bonchev–Trinajstić information content (AvgIpc) is 3.24. The van der Waals surface area contributed by atoms with Crippen LogP contribution in [0.3, 0.4) is 0 Å². The molecule has 1 amide bonds. The summed E-state index contributed by atoms with van der Waals surface area (Å²) in [5.74, 6) is 1.02. The molecule has 6 nitrogen and oxygen atoms in total. The van der Waals surface area contributed by atoms with E-state index in [1.165, 1.54) is 11.1 Å². The van der Waals surface area contributed by atoms with Crippen LogP contribution in [0.5, 0.6) is 5.75 Å². The van der Waals surface area contributed by atoms with E-state index in [-0.39, 0.29) is 18.1 Å². The van der Waals surface area contributed by atoms with Gasteiger partial charge in [-0.15, -0.1) is 0 Å². The van der Waals surface area contributed by atoms with Gasteiger partial charge in [0.2, 0.25) is 0 Å². The van der Waals surface area contributed by atoms with Gasteiger partial charge in [-0.1, -0.05) is 29.8 Å². The quantitative estimate of drug-likeness (QED) is 0.835. The predicted molar refractivity (Wildman–Crippen MR) is 114 cm³/mol. The highest BCUT2D eigenvalue weighted by atomic mass is 16.5. The number of aryl methyl sites for hydroxylation is 2. The van der Waals surface area contributed by atoms with E-state index in [1.807, 2.05) is 36.1 Å². The second-order valence-corrected chi connectivity index (χ2v) is 8.01. The van der Waals surface area contributed by atoms with Crippen molar-refractivity contribution in [3.8, 4) is 5.75 Å². The Hall–Kier alpha value is -2.41. The number of hydrogen-bond donors (Lipinski definition) is 2. The lowest BCUT2D eigenvalue weighted by Gasteiger charge is -2.38. The Morgan fingerprint density at radius 2 is 1.72 bits per heavy atom. The van der Waals surface area contributed by atoms with Crippen LogP contribution in [-0.4, -0.2) is 55.2 Å². The summed E-state index contributed by atoms with van der Waals surface area (Å²) in [5.41, 5.74) is 11.2. The van der Waals surface area contributed by atoms with E-state index in [2.05, 4.69) is 40.9 Å². The Morgan fingerprint density at radius 3 is 2.38 bits per heavy atom. The van der Waals surface area contributed by atoms with Gasteiger partial charge in [0.05, 0.1) is 13.3 Å². The van der Waals surface area contributed by atoms with Crippen LogP contribution >= 0.6 is 0 Å². The molecule has 0 aromatic heterocycles. The Balaban J connectivity index is 1.32. The summed E-state index contributed by atoms with van der Waals surface area (Å²) in [6, 6.07) is 14.6. The molecule has 2 fully saturated rings. The summed E-state index contributed by atoms with van der Waals surface area (Å²) in [6.45, 7) is 7.36.